The van der Waals surface area contributed by atoms with Crippen molar-refractivity contribution in [1.82, 2.24) is 5.32 Å². The molecule has 5 atom stereocenters. The molecule has 4 rings (SSSR count). The lowest BCUT2D eigenvalue weighted by molar-refractivity contribution is -0.244. The molecule has 0 aromatic heterocycles. The van der Waals surface area contributed by atoms with Gasteiger partial charge in [-0.25, -0.2) is 8.42 Å². The number of nitrogens with one attached hydrogen (secondary N) is 2. The Labute approximate surface area is 197 Å². The van der Waals surface area contributed by atoms with Gasteiger partial charge in [0.2, 0.25) is 22.2 Å². The van der Waals surface area contributed by atoms with Gasteiger partial charge in [-0.05, 0) is 36.6 Å². The number of aliphatic hydroxyl groups excluding tert-OH is 3. The van der Waals surface area contributed by atoms with Gasteiger partial charge < -0.3 is 30.1 Å². The zero-order valence-corrected chi connectivity index (χ0v) is 19.3. The van der Waals surface area contributed by atoms with Crippen LogP contribution < -0.4 is 14.8 Å². The number of carbonyl (C=O) groups excluding carboxylic acids is 1. The quantitative estimate of drug-likeness (QED) is 0.359. The van der Waals surface area contributed by atoms with Crippen LogP contribution in [0, 0.1) is 0 Å². The Bertz CT molecular complexity index is 1140. The summed E-state index contributed by atoms with van der Waals surface area (Å²) < 4.78 is 39.1. The van der Waals surface area contributed by atoms with Crippen LogP contribution >= 0.6 is 0 Å². The first kappa shape index (κ1) is 24.4. The van der Waals surface area contributed by atoms with Crippen molar-refractivity contribution >= 4 is 21.6 Å². The normalized spacial score (nSPS) is 27.1. The first-order valence-electron chi connectivity index (χ1n) is 11.0. The first-order chi connectivity index (χ1) is 16.2. The van der Waals surface area contributed by atoms with Crippen molar-refractivity contribution in [2.75, 3.05) is 11.3 Å². The summed E-state index contributed by atoms with van der Waals surface area (Å²) in [4.78, 5) is 11.6. The van der Waals surface area contributed by atoms with Crippen LogP contribution in [0.5, 0.6) is 5.75 Å². The van der Waals surface area contributed by atoms with Crippen molar-refractivity contribution in [3.63, 3.8) is 0 Å². The van der Waals surface area contributed by atoms with E-state index in [4.69, 9.17) is 9.47 Å². The number of benzene rings is 2. The number of sulfonamides is 1. The molecule has 11 heteroatoms. The van der Waals surface area contributed by atoms with Crippen molar-refractivity contribution in [1.29, 1.82) is 0 Å². The zero-order chi connectivity index (χ0) is 24.5. The van der Waals surface area contributed by atoms with Crippen LogP contribution in [0.3, 0.4) is 0 Å². The molecule has 10 nitrogen and oxygen atoms in total. The Hall–Kier alpha value is -2.70. The first-order valence-corrected chi connectivity index (χ1v) is 12.5. The number of aliphatic hydroxyl groups is 3. The number of carbonyl (C=O) groups is 1. The molecule has 2 aromatic rings. The second-order valence-corrected chi connectivity index (χ2v) is 10.4. The fraction of sp³-hybridized carbons (Fsp3) is 0.435. The van der Waals surface area contributed by atoms with Crippen LogP contribution in [0.2, 0.25) is 0 Å². The van der Waals surface area contributed by atoms with Gasteiger partial charge in [0.05, 0.1) is 17.5 Å². The average Bonchev–Trinajstić information content (AvgIpc) is 3.65. The summed E-state index contributed by atoms with van der Waals surface area (Å²) in [5.74, 6) is -0.139. The maximum absolute atomic E-state index is 12.5. The van der Waals surface area contributed by atoms with Crippen LogP contribution in [0.4, 0.5) is 5.69 Å². The smallest absolute Gasteiger partial charge is 0.235 e. The Morgan fingerprint density at radius 2 is 1.85 bits per heavy atom. The summed E-state index contributed by atoms with van der Waals surface area (Å²) in [6.07, 6.45) is -3.86. The fourth-order valence-electron chi connectivity index (χ4n) is 3.88. The molecule has 2 fully saturated rings. The van der Waals surface area contributed by atoms with E-state index in [0.717, 1.165) is 0 Å². The average molecular weight is 493 g/mol. The highest BCUT2D eigenvalue weighted by Gasteiger charge is 2.46. The third-order valence-corrected chi connectivity index (χ3v) is 7.64. The molecule has 1 heterocycles. The van der Waals surface area contributed by atoms with Gasteiger partial charge in [-0.3, -0.25) is 9.52 Å². The predicted octanol–water partition coefficient (Wildman–Crippen LogP) is 0.580. The molecule has 1 aliphatic carbocycles. The number of hydrogen-bond donors (Lipinski definition) is 5. The van der Waals surface area contributed by atoms with Crippen molar-refractivity contribution in [3.8, 4) is 16.9 Å². The maximum Gasteiger partial charge on any atom is 0.235 e. The predicted molar refractivity (Wildman–Crippen MR) is 123 cm³/mol. The van der Waals surface area contributed by atoms with E-state index in [0.29, 0.717) is 35.4 Å². The molecule has 1 saturated heterocycles. The van der Waals surface area contributed by atoms with E-state index in [1.54, 1.807) is 48.5 Å². The molecule has 2 aromatic carbocycles. The highest BCUT2D eigenvalue weighted by molar-refractivity contribution is 7.93. The van der Waals surface area contributed by atoms with Crippen LogP contribution in [0.15, 0.2) is 48.5 Å². The number of ether oxygens (including phenoxy) is 2. The molecule has 0 bridgehead atoms. The number of amides is 1. The molecular weight excluding hydrogens is 464 g/mol. The molecular formula is C23H28N2O8S. The molecule has 2 aliphatic rings. The van der Waals surface area contributed by atoms with Gasteiger partial charge in [-0.2, -0.15) is 0 Å². The molecule has 0 spiro atoms. The van der Waals surface area contributed by atoms with Gasteiger partial charge in [0.15, 0.2) is 0 Å². The number of hydrogen-bond acceptors (Lipinski definition) is 8. The minimum Gasteiger partial charge on any atom is -0.463 e. The molecule has 1 aliphatic heterocycles. The summed E-state index contributed by atoms with van der Waals surface area (Å²) in [6.45, 7) is 0.702. The van der Waals surface area contributed by atoms with Crippen molar-refractivity contribution in [2.45, 2.75) is 55.7 Å². The molecule has 1 amide bonds. The number of rotatable bonds is 8. The third kappa shape index (κ3) is 5.34. The minimum absolute atomic E-state index is 0.318. The molecule has 5 N–H and O–H groups in total. The fourth-order valence-corrected chi connectivity index (χ4v) is 5.29. The number of para-hydroxylation sites is 1. The SMILES string of the molecule is CC(=O)N[C@H]1[C@H](Oc2cccc(-c3ccccc3NS(=O)(=O)C3CC3)c2)O[C@H](CO)[C@H](O)[C@@H]1O. The lowest BCUT2D eigenvalue weighted by Crippen LogP contribution is -2.65. The second kappa shape index (κ2) is 9.88. The van der Waals surface area contributed by atoms with Gasteiger partial charge in [-0.1, -0.05) is 30.3 Å². The van der Waals surface area contributed by atoms with Gasteiger partial charge in [0, 0.05) is 12.5 Å². The third-order valence-electron chi connectivity index (χ3n) is 5.79. The van der Waals surface area contributed by atoms with Crippen molar-refractivity contribution in [2.24, 2.45) is 0 Å². The summed E-state index contributed by atoms with van der Waals surface area (Å²) in [5, 5.41) is 32.3. The van der Waals surface area contributed by atoms with E-state index in [2.05, 4.69) is 10.0 Å². The number of anilines is 1. The Morgan fingerprint density at radius 3 is 2.53 bits per heavy atom. The topological polar surface area (TPSA) is 154 Å². The van der Waals surface area contributed by atoms with E-state index in [1.165, 1.54) is 6.92 Å². The Kier molecular flexibility index (Phi) is 7.10. The monoisotopic (exact) mass is 492 g/mol. The van der Waals surface area contributed by atoms with Crippen LogP contribution in [0.25, 0.3) is 11.1 Å². The van der Waals surface area contributed by atoms with E-state index in [-0.39, 0.29) is 5.25 Å². The lowest BCUT2D eigenvalue weighted by Gasteiger charge is -2.42. The van der Waals surface area contributed by atoms with Crippen molar-refractivity contribution < 1.29 is 38.0 Å². The van der Waals surface area contributed by atoms with E-state index < -0.39 is 53.2 Å². The molecule has 34 heavy (non-hydrogen) atoms. The minimum atomic E-state index is -3.46. The van der Waals surface area contributed by atoms with Crippen LogP contribution in [0.1, 0.15) is 19.8 Å². The maximum atomic E-state index is 12.5. The largest absolute Gasteiger partial charge is 0.463 e. The Morgan fingerprint density at radius 1 is 1.12 bits per heavy atom. The van der Waals surface area contributed by atoms with Crippen molar-refractivity contribution in [3.05, 3.63) is 48.5 Å². The van der Waals surface area contributed by atoms with Crippen LogP contribution in [-0.2, 0) is 19.6 Å². The highest BCUT2D eigenvalue weighted by atomic mass is 32.2. The van der Waals surface area contributed by atoms with E-state index in [1.807, 2.05) is 0 Å². The zero-order valence-electron chi connectivity index (χ0n) is 18.5. The van der Waals surface area contributed by atoms with Gasteiger partial charge in [0.25, 0.3) is 0 Å². The van der Waals surface area contributed by atoms with Crippen LogP contribution in [-0.4, -0.2) is 72.1 Å². The van der Waals surface area contributed by atoms with Gasteiger partial charge in [-0.15, -0.1) is 0 Å². The Balaban J connectivity index is 1.60. The molecule has 184 valence electrons. The molecule has 0 unspecified atom stereocenters. The summed E-state index contributed by atoms with van der Waals surface area (Å²) >= 11 is 0. The molecule has 0 radical (unpaired) electrons. The lowest BCUT2D eigenvalue weighted by atomic mass is 9.97. The molecule has 1 saturated carbocycles. The van der Waals surface area contributed by atoms with Gasteiger partial charge in [0.1, 0.15) is 30.1 Å². The second-order valence-electron chi connectivity index (χ2n) is 8.47. The standard InChI is InChI=1S/C23H28N2O8S/c1-13(27)24-20-22(29)21(28)19(12-26)33-23(20)32-15-6-4-5-14(11-15)17-7-2-3-8-18(17)25-34(30,31)16-9-10-16/h2-8,11,16,19-23,25-26,28-29H,9-10,12H2,1H3,(H,24,27)/t19-,20-,21+,22-,23-/m1/s1. The van der Waals surface area contributed by atoms with E-state index in [9.17, 15) is 28.5 Å². The van der Waals surface area contributed by atoms with E-state index >= 15 is 0 Å². The summed E-state index contributed by atoms with van der Waals surface area (Å²) in [6, 6.07) is 12.7. The highest BCUT2D eigenvalue weighted by Crippen LogP contribution is 2.35. The van der Waals surface area contributed by atoms with Gasteiger partial charge >= 0.3 is 0 Å². The summed E-state index contributed by atoms with van der Waals surface area (Å²) in [7, 11) is -3.46. The summed E-state index contributed by atoms with van der Waals surface area (Å²) in [5.41, 5.74) is 1.75.